The summed E-state index contributed by atoms with van der Waals surface area (Å²) in [4.78, 5) is 4.38. The molecule has 1 saturated carbocycles. The maximum atomic E-state index is 5.55. The molecule has 1 N–H and O–H groups in total. The Bertz CT molecular complexity index is 318. The van der Waals surface area contributed by atoms with Crippen LogP contribution in [-0.4, -0.2) is 11.0 Å². The Balaban J connectivity index is 1.79. The van der Waals surface area contributed by atoms with E-state index >= 15 is 0 Å². The lowest BCUT2D eigenvalue weighted by Crippen LogP contribution is -2.32. The van der Waals surface area contributed by atoms with Crippen molar-refractivity contribution >= 4 is 0 Å². The van der Waals surface area contributed by atoms with Crippen LogP contribution in [0.15, 0.2) is 4.42 Å². The largest absolute Gasteiger partial charge is 0.444 e. The third-order valence-corrected chi connectivity index (χ3v) is 3.63. The molecule has 0 aliphatic heterocycles. The molecular weight excluding hydrogens is 200 g/mol. The van der Waals surface area contributed by atoms with Crippen LogP contribution < -0.4 is 5.32 Å². The van der Waals surface area contributed by atoms with Crippen LogP contribution in [0.25, 0.3) is 0 Å². The van der Waals surface area contributed by atoms with Crippen molar-refractivity contribution in [3.8, 4) is 0 Å². The summed E-state index contributed by atoms with van der Waals surface area (Å²) in [6.45, 7) is 7.07. The third-order valence-electron chi connectivity index (χ3n) is 3.63. The zero-order valence-corrected chi connectivity index (χ0v) is 10.5. The molecule has 1 aliphatic carbocycles. The maximum absolute atomic E-state index is 5.55. The predicted molar refractivity (Wildman–Crippen MR) is 64.2 cm³/mol. The monoisotopic (exact) mass is 222 g/mol. The molecule has 0 aromatic carbocycles. The SMILES string of the molecule is Cc1nc(CNC2CCC(C)CC2)oc1C. The molecule has 1 aliphatic rings. The molecule has 2 rings (SSSR count). The lowest BCUT2D eigenvalue weighted by Gasteiger charge is -2.26. The Kier molecular flexibility index (Phi) is 3.64. The average Bonchev–Trinajstić information content (AvgIpc) is 2.58. The summed E-state index contributed by atoms with van der Waals surface area (Å²) in [6, 6.07) is 0.656. The lowest BCUT2D eigenvalue weighted by molar-refractivity contribution is 0.297. The third kappa shape index (κ3) is 2.85. The van der Waals surface area contributed by atoms with Gasteiger partial charge in [0.25, 0.3) is 0 Å². The van der Waals surface area contributed by atoms with Crippen LogP contribution in [0.5, 0.6) is 0 Å². The van der Waals surface area contributed by atoms with Crippen LogP contribution >= 0.6 is 0 Å². The minimum absolute atomic E-state index is 0.656. The van der Waals surface area contributed by atoms with Crippen molar-refractivity contribution in [2.75, 3.05) is 0 Å². The fourth-order valence-corrected chi connectivity index (χ4v) is 2.31. The molecular formula is C13H22N2O. The van der Waals surface area contributed by atoms with Gasteiger partial charge < -0.3 is 9.73 Å². The quantitative estimate of drug-likeness (QED) is 0.854. The molecule has 0 unspecified atom stereocenters. The molecule has 0 bridgehead atoms. The van der Waals surface area contributed by atoms with E-state index < -0.39 is 0 Å². The van der Waals surface area contributed by atoms with E-state index in [1.54, 1.807) is 0 Å². The van der Waals surface area contributed by atoms with Crippen LogP contribution in [0, 0.1) is 19.8 Å². The highest BCUT2D eigenvalue weighted by Gasteiger charge is 2.18. The van der Waals surface area contributed by atoms with E-state index in [4.69, 9.17) is 4.42 Å². The van der Waals surface area contributed by atoms with E-state index in [1.165, 1.54) is 25.7 Å². The molecule has 1 fully saturated rings. The standard InChI is InChI=1S/C13H22N2O/c1-9-4-6-12(7-5-9)14-8-13-15-10(2)11(3)16-13/h9,12,14H,4-8H2,1-3H3. The highest BCUT2D eigenvalue weighted by molar-refractivity contribution is 5.05. The first kappa shape index (κ1) is 11.6. The second-order valence-corrected chi connectivity index (χ2v) is 5.09. The molecule has 90 valence electrons. The van der Waals surface area contributed by atoms with Crippen molar-refractivity contribution in [1.82, 2.24) is 10.3 Å². The normalized spacial score (nSPS) is 25.9. The molecule has 0 atom stereocenters. The lowest BCUT2D eigenvalue weighted by atomic mass is 9.87. The number of nitrogens with zero attached hydrogens (tertiary/aromatic N) is 1. The van der Waals surface area contributed by atoms with Gasteiger partial charge in [-0.3, -0.25) is 0 Å². The number of rotatable bonds is 3. The molecule has 0 radical (unpaired) electrons. The molecule has 1 aromatic rings. The van der Waals surface area contributed by atoms with Crippen LogP contribution in [-0.2, 0) is 6.54 Å². The highest BCUT2D eigenvalue weighted by Crippen LogP contribution is 2.23. The Morgan fingerprint density at radius 3 is 2.50 bits per heavy atom. The molecule has 3 heteroatoms. The van der Waals surface area contributed by atoms with Gasteiger partial charge in [-0.1, -0.05) is 6.92 Å². The van der Waals surface area contributed by atoms with Crippen LogP contribution in [0.4, 0.5) is 0 Å². The second kappa shape index (κ2) is 5.00. The predicted octanol–water partition coefficient (Wildman–Crippen LogP) is 2.96. The average molecular weight is 222 g/mol. The molecule has 0 saturated heterocycles. The van der Waals surface area contributed by atoms with Gasteiger partial charge >= 0.3 is 0 Å². The van der Waals surface area contributed by atoms with Gasteiger partial charge in [0.05, 0.1) is 12.2 Å². The van der Waals surface area contributed by atoms with E-state index in [0.717, 1.165) is 29.8 Å². The van der Waals surface area contributed by atoms with E-state index in [2.05, 4.69) is 17.2 Å². The molecule has 16 heavy (non-hydrogen) atoms. The first-order valence-electron chi connectivity index (χ1n) is 6.31. The summed E-state index contributed by atoms with van der Waals surface area (Å²) < 4.78 is 5.55. The number of oxazole rings is 1. The van der Waals surface area contributed by atoms with E-state index in [0.29, 0.717) is 6.04 Å². The van der Waals surface area contributed by atoms with Gasteiger partial charge in [-0.15, -0.1) is 0 Å². The number of aryl methyl sites for hydroxylation is 2. The Hall–Kier alpha value is -0.830. The van der Waals surface area contributed by atoms with E-state index in [1.807, 2.05) is 13.8 Å². The number of aromatic nitrogens is 1. The fourth-order valence-electron chi connectivity index (χ4n) is 2.31. The van der Waals surface area contributed by atoms with Crippen molar-refractivity contribution in [3.05, 3.63) is 17.3 Å². The zero-order valence-electron chi connectivity index (χ0n) is 10.5. The van der Waals surface area contributed by atoms with Gasteiger partial charge in [-0.25, -0.2) is 4.98 Å². The Morgan fingerprint density at radius 2 is 1.94 bits per heavy atom. The van der Waals surface area contributed by atoms with Gasteiger partial charge in [0.15, 0.2) is 0 Å². The molecule has 0 amide bonds. The first-order chi connectivity index (χ1) is 7.65. The zero-order chi connectivity index (χ0) is 11.5. The van der Waals surface area contributed by atoms with Crippen molar-refractivity contribution in [2.24, 2.45) is 5.92 Å². The smallest absolute Gasteiger partial charge is 0.208 e. The fraction of sp³-hybridized carbons (Fsp3) is 0.769. The molecule has 0 spiro atoms. The minimum Gasteiger partial charge on any atom is -0.444 e. The van der Waals surface area contributed by atoms with Crippen molar-refractivity contribution in [2.45, 2.75) is 59.0 Å². The first-order valence-corrected chi connectivity index (χ1v) is 6.31. The van der Waals surface area contributed by atoms with E-state index in [-0.39, 0.29) is 0 Å². The van der Waals surface area contributed by atoms with Crippen molar-refractivity contribution < 1.29 is 4.42 Å². The Morgan fingerprint density at radius 1 is 1.25 bits per heavy atom. The second-order valence-electron chi connectivity index (χ2n) is 5.09. The van der Waals surface area contributed by atoms with Crippen molar-refractivity contribution in [3.63, 3.8) is 0 Å². The number of hydrogen-bond donors (Lipinski definition) is 1. The van der Waals surface area contributed by atoms with Crippen molar-refractivity contribution in [1.29, 1.82) is 0 Å². The van der Waals surface area contributed by atoms with Crippen LogP contribution in [0.3, 0.4) is 0 Å². The van der Waals surface area contributed by atoms with Gasteiger partial charge in [0, 0.05) is 6.04 Å². The summed E-state index contributed by atoms with van der Waals surface area (Å²) in [6.07, 6.45) is 5.28. The highest BCUT2D eigenvalue weighted by atomic mass is 16.4. The van der Waals surface area contributed by atoms with Crippen LogP contribution in [0.1, 0.15) is 50.0 Å². The van der Waals surface area contributed by atoms with Gasteiger partial charge in [-0.05, 0) is 45.4 Å². The van der Waals surface area contributed by atoms with Gasteiger partial charge in [0.2, 0.25) is 5.89 Å². The maximum Gasteiger partial charge on any atom is 0.208 e. The van der Waals surface area contributed by atoms with E-state index in [9.17, 15) is 0 Å². The Labute approximate surface area is 97.6 Å². The number of hydrogen-bond acceptors (Lipinski definition) is 3. The summed E-state index contributed by atoms with van der Waals surface area (Å²) in [5.41, 5.74) is 1.01. The topological polar surface area (TPSA) is 38.1 Å². The number of nitrogens with one attached hydrogen (secondary N) is 1. The molecule has 3 nitrogen and oxygen atoms in total. The summed E-state index contributed by atoms with van der Waals surface area (Å²) in [5.74, 6) is 2.67. The molecule has 1 heterocycles. The summed E-state index contributed by atoms with van der Waals surface area (Å²) in [5, 5.41) is 3.54. The molecule has 1 aromatic heterocycles. The minimum atomic E-state index is 0.656. The van der Waals surface area contributed by atoms with Crippen LogP contribution in [0.2, 0.25) is 0 Å². The van der Waals surface area contributed by atoms with Gasteiger partial charge in [0.1, 0.15) is 5.76 Å². The summed E-state index contributed by atoms with van der Waals surface area (Å²) in [7, 11) is 0. The summed E-state index contributed by atoms with van der Waals surface area (Å²) >= 11 is 0. The van der Waals surface area contributed by atoms with Gasteiger partial charge in [-0.2, -0.15) is 0 Å².